The van der Waals surface area contributed by atoms with Gasteiger partial charge in [-0.15, -0.1) is 0 Å². The molecule has 0 atom stereocenters. The second-order valence-corrected chi connectivity index (χ2v) is 12.1. The molecule has 0 aliphatic heterocycles. The minimum atomic E-state index is -0.694. The Morgan fingerprint density at radius 3 is 1.43 bits per heavy atom. The van der Waals surface area contributed by atoms with Gasteiger partial charge in [0, 0.05) is 49.4 Å². The van der Waals surface area contributed by atoms with Crippen LogP contribution in [0.2, 0.25) is 0 Å². The first-order valence-corrected chi connectivity index (χ1v) is 16.2. The lowest BCUT2D eigenvalue weighted by molar-refractivity contribution is 1.15. The van der Waals surface area contributed by atoms with Gasteiger partial charge in [0.1, 0.15) is 0 Å². The van der Waals surface area contributed by atoms with Gasteiger partial charge in [-0.25, -0.2) is 0 Å². The molecule has 0 aliphatic carbocycles. The molecule has 3 aromatic heterocycles. The van der Waals surface area contributed by atoms with E-state index in [0.717, 1.165) is 11.2 Å². The van der Waals surface area contributed by atoms with Crippen LogP contribution in [0.25, 0.3) is 93.6 Å². The summed E-state index contributed by atoms with van der Waals surface area (Å²) in [5, 5.41) is 0.530. The zero-order valence-corrected chi connectivity index (χ0v) is 26.5. The van der Waals surface area contributed by atoms with Gasteiger partial charge in [-0.3, -0.25) is 0 Å². The van der Waals surface area contributed by atoms with Crippen molar-refractivity contribution in [3.05, 3.63) is 188 Å². The monoisotopic (exact) mass is 665 g/mol. The summed E-state index contributed by atoms with van der Waals surface area (Å²) in [6.45, 7) is 0. The number of aromatic nitrogens is 3. The van der Waals surface area contributed by atoms with Crippen LogP contribution in [-0.4, -0.2) is 13.7 Å². The molecule has 0 bridgehead atoms. The number of rotatable bonds is 4. The minimum Gasteiger partial charge on any atom is -0.309 e. The Kier molecular flexibility index (Phi) is 3.55. The first kappa shape index (κ1) is 16.7. The van der Waals surface area contributed by atoms with E-state index in [1.807, 2.05) is 34.9 Å². The van der Waals surface area contributed by atoms with Gasteiger partial charge in [-0.1, -0.05) is 109 Å². The maximum Gasteiger partial charge on any atom is 0.0645 e. The van der Waals surface area contributed by atoms with Crippen molar-refractivity contribution in [1.29, 1.82) is 0 Å². The fourth-order valence-corrected chi connectivity index (χ4v) is 7.17. The van der Waals surface area contributed by atoms with E-state index < -0.39 is 95.7 Å². The second kappa shape index (κ2) is 10.8. The topological polar surface area (TPSA) is 14.8 Å². The zero-order valence-electron chi connectivity index (χ0n) is 42.5. The Morgan fingerprint density at radius 1 is 0.314 bits per heavy atom. The summed E-state index contributed by atoms with van der Waals surface area (Å²) in [7, 11) is 0. The van der Waals surface area contributed by atoms with Crippen LogP contribution in [0, 0.1) is 0 Å². The molecule has 0 aliphatic rings. The molecular formula is C48H31N3. The van der Waals surface area contributed by atoms with Gasteiger partial charge in [0.15, 0.2) is 0 Å². The molecule has 0 radical (unpaired) electrons. The van der Waals surface area contributed by atoms with Gasteiger partial charge in [0.2, 0.25) is 0 Å². The minimum absolute atomic E-state index is 0.0451. The Balaban J connectivity index is 1.31. The quantitative estimate of drug-likeness (QED) is 0.178. The van der Waals surface area contributed by atoms with E-state index in [4.69, 9.17) is 9.60 Å². The van der Waals surface area contributed by atoms with Crippen molar-refractivity contribution in [3.8, 4) is 28.2 Å². The third-order valence-corrected chi connectivity index (χ3v) is 9.36. The lowest BCUT2D eigenvalue weighted by atomic mass is 10.0. The number of nitrogens with zero attached hydrogens (tertiary/aromatic N) is 3. The summed E-state index contributed by atoms with van der Waals surface area (Å²) < 4.78 is 152. The first-order valence-electron chi connectivity index (χ1n) is 24.2. The molecule has 0 unspecified atom stereocenters. The fourth-order valence-electron chi connectivity index (χ4n) is 7.17. The number of para-hydroxylation sites is 5. The molecule has 0 spiro atoms. The smallest absolute Gasteiger partial charge is 0.0645 e. The second-order valence-electron chi connectivity index (χ2n) is 12.1. The van der Waals surface area contributed by atoms with Gasteiger partial charge in [0.25, 0.3) is 0 Å². The fraction of sp³-hybridized carbons (Fsp3) is 0. The van der Waals surface area contributed by atoms with E-state index in [2.05, 4.69) is 0 Å². The van der Waals surface area contributed by atoms with Crippen LogP contribution in [0.5, 0.6) is 0 Å². The van der Waals surface area contributed by atoms with Crippen LogP contribution in [0.3, 0.4) is 0 Å². The number of fused-ring (bicyclic) bond motifs is 9. The van der Waals surface area contributed by atoms with Crippen LogP contribution in [-0.2, 0) is 0 Å². The predicted octanol–water partition coefficient (Wildman–Crippen LogP) is 12.6. The normalized spacial score (nSPS) is 16.3. The van der Waals surface area contributed by atoms with E-state index in [9.17, 15) is 12.3 Å². The van der Waals surface area contributed by atoms with Crippen LogP contribution >= 0.6 is 0 Å². The molecule has 11 rings (SSSR count). The zero-order chi connectivity index (χ0) is 47.4. The highest BCUT2D eigenvalue weighted by molar-refractivity contribution is 6.14. The maximum absolute atomic E-state index is 9.91. The van der Waals surface area contributed by atoms with Crippen LogP contribution in [0.1, 0.15) is 21.9 Å². The number of benzene rings is 8. The molecular weight excluding hydrogens is 619 g/mol. The lowest BCUT2D eigenvalue weighted by Crippen LogP contribution is -1.96. The van der Waals surface area contributed by atoms with Gasteiger partial charge in [-0.05, 0) is 89.8 Å². The average molecular weight is 666 g/mol. The molecule has 238 valence electrons. The molecule has 51 heavy (non-hydrogen) atoms. The summed E-state index contributed by atoms with van der Waals surface area (Å²) in [5.74, 6) is 0. The third-order valence-electron chi connectivity index (χ3n) is 9.36. The van der Waals surface area contributed by atoms with Crippen molar-refractivity contribution in [3.63, 3.8) is 0 Å². The van der Waals surface area contributed by atoms with Gasteiger partial charge < -0.3 is 13.7 Å². The first-order chi connectivity index (χ1) is 32.0. The average Bonchev–Trinajstić information content (AvgIpc) is 3.98. The van der Waals surface area contributed by atoms with Crippen LogP contribution < -0.4 is 0 Å². The lowest BCUT2D eigenvalue weighted by Gasteiger charge is -2.11. The third kappa shape index (κ3) is 4.12. The highest BCUT2D eigenvalue weighted by Gasteiger charge is 2.18. The Morgan fingerprint density at radius 2 is 0.824 bits per heavy atom. The van der Waals surface area contributed by atoms with Gasteiger partial charge in [0.05, 0.1) is 55.0 Å². The Hall–Kier alpha value is -6.84. The van der Waals surface area contributed by atoms with Crippen molar-refractivity contribution in [2.24, 2.45) is 0 Å². The molecule has 8 aromatic carbocycles. The summed E-state index contributed by atoms with van der Waals surface area (Å²) in [6.07, 6.45) is 0. The summed E-state index contributed by atoms with van der Waals surface area (Å²) >= 11 is 0. The van der Waals surface area contributed by atoms with Crippen molar-refractivity contribution >= 4 is 65.4 Å². The molecule has 0 fully saturated rings. The molecule has 0 amide bonds. The van der Waals surface area contributed by atoms with Crippen molar-refractivity contribution in [2.45, 2.75) is 0 Å². The van der Waals surface area contributed by atoms with Crippen molar-refractivity contribution in [1.82, 2.24) is 13.7 Å². The van der Waals surface area contributed by atoms with Crippen molar-refractivity contribution in [2.75, 3.05) is 0 Å². The van der Waals surface area contributed by atoms with E-state index in [1.165, 1.54) is 9.13 Å². The van der Waals surface area contributed by atoms with E-state index in [1.54, 1.807) is 60.7 Å². The standard InChI is InChI=1S/C48H31N3/c1-3-13-34(14-4-1)49-44-21-11-8-18-38(44)41-29-32(23-27-46(41)49)33-24-28-47-42(30-33)39-19-9-12-22-45(39)51(47)36-25-26-40-37-17-7-10-20-43(37)50(48(40)31-36)35-15-5-2-6-16-35/h1-31H/i7D,8D,9D,11D,12D,18D,19D,21D,22D,23D,24D,25D,27D,28D,29D,30D. The summed E-state index contributed by atoms with van der Waals surface area (Å²) in [5.41, 5.74) is 0.927. The highest BCUT2D eigenvalue weighted by atomic mass is 15.0. The molecule has 0 N–H and O–H groups in total. The van der Waals surface area contributed by atoms with E-state index in [0.29, 0.717) is 22.0 Å². The molecule has 3 heteroatoms. The maximum atomic E-state index is 9.91. The van der Waals surface area contributed by atoms with Crippen molar-refractivity contribution < 1.29 is 21.9 Å². The van der Waals surface area contributed by atoms with E-state index in [-0.39, 0.29) is 61.4 Å². The van der Waals surface area contributed by atoms with E-state index >= 15 is 0 Å². The molecule has 3 nitrogen and oxygen atoms in total. The highest BCUT2D eigenvalue weighted by Crippen LogP contribution is 2.40. The van der Waals surface area contributed by atoms with Crippen LogP contribution in [0.15, 0.2) is 188 Å². The summed E-state index contributed by atoms with van der Waals surface area (Å²) in [4.78, 5) is 0. The predicted molar refractivity (Wildman–Crippen MR) is 215 cm³/mol. The van der Waals surface area contributed by atoms with Gasteiger partial charge >= 0.3 is 0 Å². The van der Waals surface area contributed by atoms with Crippen LogP contribution in [0.4, 0.5) is 0 Å². The Bertz CT molecular complexity index is 4040. The molecule has 0 saturated heterocycles. The SMILES string of the molecule is [2H]c1ccc2c(c1)c1cc([2H])c(-n3c4c([2H])c([2H])c([2H])c([2H])c4c4c([2H])c(-c5c([2H])c([2H])c6c(c5[2H])c5c([2H])c([2H])c([2H])c([2H])c5n6-c5ccccc5)c([2H])c([2H])c43)cc1n2-c1ccccc1. The Labute approximate surface area is 316 Å². The van der Waals surface area contributed by atoms with Gasteiger partial charge in [-0.2, -0.15) is 0 Å². The molecule has 11 aromatic rings. The summed E-state index contributed by atoms with van der Waals surface area (Å²) in [6, 6.07) is 18.0. The number of hydrogen-bond acceptors (Lipinski definition) is 0. The molecule has 0 saturated carbocycles. The molecule has 3 heterocycles. The number of hydrogen-bond donors (Lipinski definition) is 0. The largest absolute Gasteiger partial charge is 0.309 e.